The van der Waals surface area contributed by atoms with E-state index in [1.807, 2.05) is 0 Å². The maximum atomic E-state index is 13.2. The van der Waals surface area contributed by atoms with E-state index in [0.29, 0.717) is 16.4 Å². The topological polar surface area (TPSA) is 24.1 Å². The lowest BCUT2D eigenvalue weighted by Crippen LogP contribution is -2.30. The summed E-state index contributed by atoms with van der Waals surface area (Å²) in [5.74, 6) is -2.13. The van der Waals surface area contributed by atoms with Gasteiger partial charge in [-0.1, -0.05) is 6.07 Å². The Morgan fingerprint density at radius 1 is 1.00 bits per heavy atom. The highest BCUT2D eigenvalue weighted by Gasteiger charge is 2.10. The molecule has 0 amide bonds. The fourth-order valence-electron chi connectivity index (χ4n) is 1.76. The molecule has 0 aliphatic heterocycles. The molecule has 0 fully saturated rings. The maximum Gasteiger partial charge on any atom is 0.171 e. The number of hydrogen-bond acceptors (Lipinski definition) is 1. The van der Waals surface area contributed by atoms with E-state index in [0.717, 1.165) is 12.1 Å². The number of anilines is 1. The molecule has 2 nitrogen and oxygen atoms in total. The van der Waals surface area contributed by atoms with Gasteiger partial charge in [0, 0.05) is 5.69 Å². The number of hydrogen-bond donors (Lipinski definition) is 2. The van der Waals surface area contributed by atoms with E-state index in [2.05, 4.69) is 10.6 Å². The van der Waals surface area contributed by atoms with E-state index in [1.54, 1.807) is 19.1 Å². The second-order valence-corrected chi connectivity index (χ2v) is 4.91. The van der Waals surface area contributed by atoms with Gasteiger partial charge in [-0.15, -0.1) is 0 Å². The van der Waals surface area contributed by atoms with Crippen molar-refractivity contribution >= 4 is 23.0 Å². The Kier molecular flexibility index (Phi) is 4.80. The van der Waals surface area contributed by atoms with Crippen LogP contribution in [0, 0.1) is 17.5 Å². The zero-order chi connectivity index (χ0) is 15.4. The highest BCUT2D eigenvalue weighted by molar-refractivity contribution is 7.80. The summed E-state index contributed by atoms with van der Waals surface area (Å²) >= 11 is 5.12. The quantitative estimate of drug-likeness (QED) is 0.833. The first-order valence-corrected chi connectivity index (χ1v) is 6.64. The standard InChI is InChI=1S/C15H13F3N2S/c1-9(10-2-7-13(17)14(18)8-10)19-15(21)20-12-5-3-11(16)4-6-12/h2-9H,1H3,(H2,19,20,21)/t9-/m0/s1. The molecule has 0 heterocycles. The summed E-state index contributed by atoms with van der Waals surface area (Å²) in [4.78, 5) is 0. The molecule has 0 saturated carbocycles. The molecule has 0 unspecified atom stereocenters. The highest BCUT2D eigenvalue weighted by atomic mass is 32.1. The summed E-state index contributed by atoms with van der Waals surface area (Å²) < 4.78 is 38.8. The van der Waals surface area contributed by atoms with Crippen LogP contribution >= 0.6 is 12.2 Å². The van der Waals surface area contributed by atoms with Gasteiger partial charge in [-0.2, -0.15) is 0 Å². The van der Waals surface area contributed by atoms with Gasteiger partial charge in [0.1, 0.15) is 5.82 Å². The van der Waals surface area contributed by atoms with Crippen LogP contribution in [0.4, 0.5) is 18.9 Å². The van der Waals surface area contributed by atoms with Gasteiger partial charge < -0.3 is 10.6 Å². The average molecular weight is 310 g/mol. The molecule has 110 valence electrons. The van der Waals surface area contributed by atoms with Crippen molar-refractivity contribution in [2.45, 2.75) is 13.0 Å². The van der Waals surface area contributed by atoms with Crippen LogP contribution in [0.2, 0.25) is 0 Å². The predicted molar refractivity (Wildman–Crippen MR) is 80.5 cm³/mol. The van der Waals surface area contributed by atoms with Crippen LogP contribution in [0.5, 0.6) is 0 Å². The molecule has 2 aromatic carbocycles. The van der Waals surface area contributed by atoms with Crippen LogP contribution in [0.25, 0.3) is 0 Å². The van der Waals surface area contributed by atoms with Crippen molar-refractivity contribution in [2.24, 2.45) is 0 Å². The zero-order valence-corrected chi connectivity index (χ0v) is 12.0. The van der Waals surface area contributed by atoms with Gasteiger partial charge in [-0.3, -0.25) is 0 Å². The maximum absolute atomic E-state index is 13.2. The Bertz CT molecular complexity index is 644. The van der Waals surface area contributed by atoms with Gasteiger partial charge >= 0.3 is 0 Å². The van der Waals surface area contributed by atoms with Crippen LogP contribution in [0.3, 0.4) is 0 Å². The van der Waals surface area contributed by atoms with Crippen molar-refractivity contribution in [3.63, 3.8) is 0 Å². The summed E-state index contributed by atoms with van der Waals surface area (Å²) in [7, 11) is 0. The monoisotopic (exact) mass is 310 g/mol. The van der Waals surface area contributed by atoms with Crippen LogP contribution in [0.15, 0.2) is 42.5 Å². The third kappa shape index (κ3) is 4.19. The van der Waals surface area contributed by atoms with Crippen molar-refractivity contribution in [3.8, 4) is 0 Å². The van der Waals surface area contributed by atoms with Gasteiger partial charge in [-0.05, 0) is 61.1 Å². The molecule has 0 aliphatic carbocycles. The zero-order valence-electron chi connectivity index (χ0n) is 11.2. The van der Waals surface area contributed by atoms with Crippen LogP contribution in [-0.2, 0) is 0 Å². The Balaban J connectivity index is 1.98. The molecular weight excluding hydrogens is 297 g/mol. The molecule has 0 radical (unpaired) electrons. The second kappa shape index (κ2) is 6.58. The molecule has 0 saturated heterocycles. The lowest BCUT2D eigenvalue weighted by Gasteiger charge is -2.17. The van der Waals surface area contributed by atoms with E-state index < -0.39 is 11.6 Å². The fraction of sp³-hybridized carbons (Fsp3) is 0.133. The Hall–Kier alpha value is -2.08. The molecule has 0 aliphatic rings. The third-order valence-corrected chi connectivity index (χ3v) is 3.11. The minimum atomic E-state index is -0.904. The van der Waals surface area contributed by atoms with Crippen molar-refractivity contribution in [1.82, 2.24) is 5.32 Å². The largest absolute Gasteiger partial charge is 0.356 e. The van der Waals surface area contributed by atoms with Gasteiger partial charge in [0.05, 0.1) is 6.04 Å². The number of benzene rings is 2. The molecule has 1 atom stereocenters. The van der Waals surface area contributed by atoms with Crippen LogP contribution in [-0.4, -0.2) is 5.11 Å². The Morgan fingerprint density at radius 3 is 2.29 bits per heavy atom. The molecule has 0 spiro atoms. The van der Waals surface area contributed by atoms with Gasteiger partial charge in [0.25, 0.3) is 0 Å². The van der Waals surface area contributed by atoms with Crippen molar-refractivity contribution in [3.05, 3.63) is 65.5 Å². The SMILES string of the molecule is C[C@H](NC(=S)Nc1ccc(F)cc1)c1ccc(F)c(F)c1. The summed E-state index contributed by atoms with van der Waals surface area (Å²) in [6.07, 6.45) is 0. The Labute approximate surface area is 126 Å². The van der Waals surface area contributed by atoms with Crippen molar-refractivity contribution < 1.29 is 13.2 Å². The second-order valence-electron chi connectivity index (χ2n) is 4.50. The highest BCUT2D eigenvalue weighted by Crippen LogP contribution is 2.16. The first-order valence-electron chi connectivity index (χ1n) is 6.24. The molecule has 21 heavy (non-hydrogen) atoms. The number of halogens is 3. The van der Waals surface area contributed by atoms with Gasteiger partial charge in [0.2, 0.25) is 0 Å². The molecule has 2 N–H and O–H groups in total. The Morgan fingerprint density at radius 2 is 1.67 bits per heavy atom. The summed E-state index contributed by atoms with van der Waals surface area (Å²) in [6, 6.07) is 9.08. The van der Waals surface area contributed by atoms with E-state index >= 15 is 0 Å². The van der Waals surface area contributed by atoms with Crippen molar-refractivity contribution in [1.29, 1.82) is 0 Å². The van der Waals surface area contributed by atoms with E-state index in [1.165, 1.54) is 18.2 Å². The minimum Gasteiger partial charge on any atom is -0.356 e. The molecular formula is C15H13F3N2S. The summed E-state index contributed by atoms with van der Waals surface area (Å²) in [5.41, 5.74) is 1.20. The number of thiocarbonyl (C=S) groups is 1. The first kappa shape index (κ1) is 15.3. The van der Waals surface area contributed by atoms with Crippen LogP contribution < -0.4 is 10.6 Å². The first-order chi connectivity index (χ1) is 9.95. The normalized spacial score (nSPS) is 11.8. The smallest absolute Gasteiger partial charge is 0.171 e. The van der Waals surface area contributed by atoms with E-state index in [-0.39, 0.29) is 11.9 Å². The number of nitrogens with one attached hydrogen (secondary N) is 2. The van der Waals surface area contributed by atoms with Gasteiger partial charge in [-0.25, -0.2) is 13.2 Å². The molecule has 2 aromatic rings. The fourth-order valence-corrected chi connectivity index (χ4v) is 2.06. The molecule has 0 bridgehead atoms. The third-order valence-electron chi connectivity index (χ3n) is 2.89. The molecule has 2 rings (SSSR count). The average Bonchev–Trinajstić information content (AvgIpc) is 2.44. The molecule has 0 aromatic heterocycles. The summed E-state index contributed by atoms with van der Waals surface area (Å²) in [5, 5.41) is 6.13. The number of rotatable bonds is 3. The van der Waals surface area contributed by atoms with E-state index in [9.17, 15) is 13.2 Å². The van der Waals surface area contributed by atoms with Gasteiger partial charge in [0.15, 0.2) is 16.7 Å². The predicted octanol–water partition coefficient (Wildman–Crippen LogP) is 4.15. The minimum absolute atomic E-state index is 0.304. The van der Waals surface area contributed by atoms with Crippen molar-refractivity contribution in [2.75, 3.05) is 5.32 Å². The van der Waals surface area contributed by atoms with Crippen LogP contribution in [0.1, 0.15) is 18.5 Å². The lowest BCUT2D eigenvalue weighted by atomic mass is 10.1. The molecule has 6 heteroatoms. The lowest BCUT2D eigenvalue weighted by molar-refractivity contribution is 0.505. The van der Waals surface area contributed by atoms with E-state index in [4.69, 9.17) is 12.2 Å². The summed E-state index contributed by atoms with van der Waals surface area (Å²) in [6.45, 7) is 1.77.